The van der Waals surface area contributed by atoms with E-state index in [1.54, 1.807) is 17.6 Å². The maximum atomic E-state index is 13.4. The van der Waals surface area contributed by atoms with E-state index in [-0.39, 0.29) is 23.9 Å². The second-order valence-corrected chi connectivity index (χ2v) is 8.49. The fourth-order valence-corrected chi connectivity index (χ4v) is 5.29. The van der Waals surface area contributed by atoms with Crippen molar-refractivity contribution in [1.82, 2.24) is 9.55 Å². The summed E-state index contributed by atoms with van der Waals surface area (Å²) in [6.45, 7) is 2.43. The minimum atomic E-state index is -0.271. The Kier molecular flexibility index (Phi) is 4.24. The zero-order valence-electron chi connectivity index (χ0n) is 16.0. The topological polar surface area (TPSA) is 84.3 Å². The van der Waals surface area contributed by atoms with Crippen LogP contribution < -0.4 is 15.8 Å². The van der Waals surface area contributed by atoms with E-state index in [1.165, 1.54) is 16.2 Å². The van der Waals surface area contributed by atoms with Crippen molar-refractivity contribution in [2.24, 2.45) is 0 Å². The summed E-state index contributed by atoms with van der Waals surface area (Å²) in [7, 11) is 0. The van der Waals surface area contributed by atoms with E-state index in [4.69, 9.17) is 4.98 Å². The number of rotatable bonds is 1. The molecule has 7 nitrogen and oxygen atoms in total. The van der Waals surface area contributed by atoms with Crippen molar-refractivity contribution in [3.63, 3.8) is 0 Å². The largest absolute Gasteiger partial charge is 0.323 e. The van der Waals surface area contributed by atoms with Crippen LogP contribution in [0.25, 0.3) is 10.2 Å². The minimum absolute atomic E-state index is 0.0492. The van der Waals surface area contributed by atoms with Crippen LogP contribution in [0, 0.1) is 6.92 Å². The molecule has 3 aromatic rings. The fourth-order valence-electron chi connectivity index (χ4n) is 4.15. The lowest BCUT2D eigenvalue weighted by Crippen LogP contribution is -2.42. The van der Waals surface area contributed by atoms with Gasteiger partial charge in [0.2, 0.25) is 5.91 Å². The number of carbonyl (C=O) groups is 2. The third kappa shape index (κ3) is 2.86. The van der Waals surface area contributed by atoms with Gasteiger partial charge in [-0.3, -0.25) is 23.9 Å². The second-order valence-electron chi connectivity index (χ2n) is 7.49. The SMILES string of the molecule is Cc1c(C(=O)N2CC(=O)Nc3ccccc32)sc2nc3n(c(=O)c12)CCCCC3. The molecule has 1 aromatic carbocycles. The van der Waals surface area contributed by atoms with Gasteiger partial charge >= 0.3 is 0 Å². The van der Waals surface area contributed by atoms with Gasteiger partial charge < -0.3 is 5.32 Å². The molecule has 8 heteroatoms. The third-order valence-electron chi connectivity index (χ3n) is 5.62. The van der Waals surface area contributed by atoms with Gasteiger partial charge in [0.1, 0.15) is 17.2 Å². The number of para-hydroxylation sites is 2. The molecule has 4 heterocycles. The van der Waals surface area contributed by atoms with Gasteiger partial charge in [-0.1, -0.05) is 18.6 Å². The number of nitrogens with zero attached hydrogens (tertiary/aromatic N) is 3. The Morgan fingerprint density at radius 1 is 1.17 bits per heavy atom. The molecule has 2 aromatic heterocycles. The summed E-state index contributed by atoms with van der Waals surface area (Å²) in [5.74, 6) is 0.302. The van der Waals surface area contributed by atoms with Crippen LogP contribution in [0.5, 0.6) is 0 Å². The Labute approximate surface area is 171 Å². The van der Waals surface area contributed by atoms with E-state index in [9.17, 15) is 14.4 Å². The van der Waals surface area contributed by atoms with Gasteiger partial charge in [0.15, 0.2) is 0 Å². The molecule has 0 saturated carbocycles. The van der Waals surface area contributed by atoms with E-state index in [2.05, 4.69) is 5.32 Å². The van der Waals surface area contributed by atoms with Crippen LogP contribution in [0.15, 0.2) is 29.1 Å². The van der Waals surface area contributed by atoms with Crippen molar-refractivity contribution in [2.45, 2.75) is 39.2 Å². The van der Waals surface area contributed by atoms with Crippen molar-refractivity contribution in [2.75, 3.05) is 16.8 Å². The van der Waals surface area contributed by atoms with E-state index in [0.29, 0.717) is 38.6 Å². The molecule has 2 aliphatic rings. The van der Waals surface area contributed by atoms with Gasteiger partial charge in [0.25, 0.3) is 11.5 Å². The van der Waals surface area contributed by atoms with Crippen molar-refractivity contribution in [3.05, 3.63) is 50.9 Å². The number of aromatic nitrogens is 2. The Balaban J connectivity index is 1.64. The maximum absolute atomic E-state index is 13.4. The predicted octanol–water partition coefficient (Wildman–Crippen LogP) is 3.09. The maximum Gasteiger partial charge on any atom is 0.269 e. The van der Waals surface area contributed by atoms with Crippen LogP contribution in [0.4, 0.5) is 11.4 Å². The van der Waals surface area contributed by atoms with Crippen molar-refractivity contribution >= 4 is 44.7 Å². The fraction of sp³-hybridized carbons (Fsp3) is 0.333. The van der Waals surface area contributed by atoms with E-state index in [1.807, 2.05) is 18.2 Å². The van der Waals surface area contributed by atoms with Crippen LogP contribution >= 0.6 is 11.3 Å². The van der Waals surface area contributed by atoms with Crippen LogP contribution in [0.3, 0.4) is 0 Å². The molecule has 0 radical (unpaired) electrons. The van der Waals surface area contributed by atoms with Crippen LogP contribution in [0.1, 0.15) is 40.3 Å². The summed E-state index contributed by atoms with van der Waals surface area (Å²) in [4.78, 5) is 46.0. The van der Waals surface area contributed by atoms with Gasteiger partial charge in [-0.25, -0.2) is 4.98 Å². The lowest BCUT2D eigenvalue weighted by Gasteiger charge is -2.28. The number of hydrogen-bond acceptors (Lipinski definition) is 5. The highest BCUT2D eigenvalue weighted by molar-refractivity contribution is 7.20. The molecule has 2 amide bonds. The van der Waals surface area contributed by atoms with Gasteiger partial charge in [0, 0.05) is 13.0 Å². The summed E-state index contributed by atoms with van der Waals surface area (Å²) >= 11 is 1.25. The third-order valence-corrected chi connectivity index (χ3v) is 6.80. The van der Waals surface area contributed by atoms with E-state index >= 15 is 0 Å². The summed E-state index contributed by atoms with van der Waals surface area (Å²) < 4.78 is 1.77. The molecular formula is C21H20N4O3S. The molecular weight excluding hydrogens is 388 g/mol. The molecule has 2 aliphatic heterocycles. The number of carbonyl (C=O) groups excluding carboxylic acids is 2. The standard InChI is InChI=1S/C21H20N4O3S/c1-12-17-19(23-15-9-3-2-6-10-24(15)20(17)27)29-18(12)21(28)25-11-16(26)22-13-7-4-5-8-14(13)25/h4-5,7-8H,2-3,6,9-11H2,1H3,(H,22,26). The highest BCUT2D eigenvalue weighted by Crippen LogP contribution is 2.34. The zero-order chi connectivity index (χ0) is 20.1. The number of benzene rings is 1. The van der Waals surface area contributed by atoms with Crippen LogP contribution in [-0.2, 0) is 17.8 Å². The highest BCUT2D eigenvalue weighted by Gasteiger charge is 2.31. The van der Waals surface area contributed by atoms with Crippen molar-refractivity contribution in [1.29, 1.82) is 0 Å². The second kappa shape index (κ2) is 6.81. The summed E-state index contributed by atoms with van der Waals surface area (Å²) in [6, 6.07) is 7.23. The zero-order valence-corrected chi connectivity index (χ0v) is 16.8. The van der Waals surface area contributed by atoms with Crippen LogP contribution in [-0.4, -0.2) is 27.9 Å². The molecule has 0 spiro atoms. The van der Waals surface area contributed by atoms with Gasteiger partial charge in [-0.15, -0.1) is 11.3 Å². The molecule has 0 unspecified atom stereocenters. The number of thiophene rings is 1. The molecule has 0 fully saturated rings. The molecule has 0 aliphatic carbocycles. The molecule has 29 heavy (non-hydrogen) atoms. The first-order valence-corrected chi connectivity index (χ1v) is 10.6. The van der Waals surface area contributed by atoms with Gasteiger partial charge in [0.05, 0.1) is 21.6 Å². The molecule has 1 N–H and O–H groups in total. The number of anilines is 2. The number of aryl methyl sites for hydroxylation is 2. The number of nitrogens with one attached hydrogen (secondary N) is 1. The quantitative estimate of drug-likeness (QED) is 0.671. The number of hydrogen-bond donors (Lipinski definition) is 1. The smallest absolute Gasteiger partial charge is 0.269 e. The first-order valence-electron chi connectivity index (χ1n) is 9.78. The van der Waals surface area contributed by atoms with E-state index < -0.39 is 0 Å². The van der Waals surface area contributed by atoms with Crippen LogP contribution in [0.2, 0.25) is 0 Å². The molecule has 148 valence electrons. The lowest BCUT2D eigenvalue weighted by molar-refractivity contribution is -0.115. The van der Waals surface area contributed by atoms with Crippen molar-refractivity contribution < 1.29 is 9.59 Å². The van der Waals surface area contributed by atoms with Crippen molar-refractivity contribution in [3.8, 4) is 0 Å². The average molecular weight is 408 g/mol. The lowest BCUT2D eigenvalue weighted by atomic mass is 10.1. The normalized spacial score (nSPS) is 16.2. The molecule has 0 saturated heterocycles. The first kappa shape index (κ1) is 18.1. The Hall–Kier alpha value is -3.00. The van der Waals surface area contributed by atoms with Gasteiger partial charge in [-0.05, 0) is 37.5 Å². The number of amides is 2. The first-order chi connectivity index (χ1) is 14.0. The molecule has 0 bridgehead atoms. The summed E-state index contributed by atoms with van der Waals surface area (Å²) in [5.41, 5.74) is 1.86. The predicted molar refractivity (Wildman–Crippen MR) is 113 cm³/mol. The summed E-state index contributed by atoms with van der Waals surface area (Å²) in [6.07, 6.45) is 3.86. The molecule has 0 atom stereocenters. The van der Waals surface area contributed by atoms with E-state index in [0.717, 1.165) is 31.5 Å². The highest BCUT2D eigenvalue weighted by atomic mass is 32.1. The minimum Gasteiger partial charge on any atom is -0.323 e. The molecule has 5 rings (SSSR count). The average Bonchev–Trinajstić information content (AvgIpc) is 2.88. The Bertz CT molecular complexity index is 1230. The number of fused-ring (bicyclic) bond motifs is 3. The monoisotopic (exact) mass is 408 g/mol. The Morgan fingerprint density at radius 3 is 2.86 bits per heavy atom. The Morgan fingerprint density at radius 2 is 2.00 bits per heavy atom. The summed E-state index contributed by atoms with van der Waals surface area (Å²) in [5, 5.41) is 3.32. The van der Waals surface area contributed by atoms with Gasteiger partial charge in [-0.2, -0.15) is 0 Å².